The van der Waals surface area contributed by atoms with Crippen LogP contribution in [0.3, 0.4) is 0 Å². The van der Waals surface area contributed by atoms with E-state index in [9.17, 15) is 0 Å². The van der Waals surface area contributed by atoms with Gasteiger partial charge in [-0.3, -0.25) is 4.68 Å². The number of hydrogen-bond donors (Lipinski definition) is 1. The molecule has 1 heterocycles. The van der Waals surface area contributed by atoms with Gasteiger partial charge < -0.3 is 5.73 Å². The number of aryl methyl sites for hydroxylation is 2. The fourth-order valence-corrected chi connectivity index (χ4v) is 1.81. The summed E-state index contributed by atoms with van der Waals surface area (Å²) in [5, 5.41) is 5.76. The van der Waals surface area contributed by atoms with Gasteiger partial charge in [-0.1, -0.05) is 18.2 Å². The van der Waals surface area contributed by atoms with Crippen LogP contribution in [-0.4, -0.2) is 9.78 Å². The van der Waals surface area contributed by atoms with E-state index >= 15 is 0 Å². The van der Waals surface area contributed by atoms with E-state index in [1.165, 1.54) is 11.1 Å². The summed E-state index contributed by atoms with van der Waals surface area (Å²) in [6, 6.07) is 6.18. The summed E-state index contributed by atoms with van der Waals surface area (Å²) in [5.41, 5.74) is 9.06. The maximum atomic E-state index is 5.67. The molecule has 3 nitrogen and oxygen atoms in total. The molecule has 0 saturated heterocycles. The Morgan fingerprint density at radius 3 is 2.86 bits per heavy atom. The molecule has 2 N–H and O–H groups in total. The van der Waals surface area contributed by atoms with E-state index < -0.39 is 0 Å². The number of hydrogen-bond acceptors (Lipinski definition) is 2. The minimum absolute atomic E-state index is 0.553. The molecular weight excluding hydrogens is 174 g/mol. The summed E-state index contributed by atoms with van der Waals surface area (Å²) in [7, 11) is 0. The Hall–Kier alpha value is -1.35. The molecule has 3 heteroatoms. The molecular formula is C11H15N3. The summed E-state index contributed by atoms with van der Waals surface area (Å²) in [6.45, 7) is 5.65. The van der Waals surface area contributed by atoms with Crippen LogP contribution < -0.4 is 5.73 Å². The first-order valence-corrected chi connectivity index (χ1v) is 4.93. The largest absolute Gasteiger partial charge is 0.326 e. The normalized spacial score (nSPS) is 11.1. The van der Waals surface area contributed by atoms with E-state index in [-0.39, 0.29) is 0 Å². The van der Waals surface area contributed by atoms with E-state index in [2.05, 4.69) is 25.0 Å². The van der Waals surface area contributed by atoms with Crippen LogP contribution in [0.5, 0.6) is 0 Å². The SMILES string of the molecule is CCn1nc2c(CN)cccc2c1C. The Kier molecular flexibility index (Phi) is 2.25. The van der Waals surface area contributed by atoms with Gasteiger partial charge in [0.05, 0.1) is 5.52 Å². The van der Waals surface area contributed by atoms with Crippen molar-refractivity contribution < 1.29 is 0 Å². The summed E-state index contributed by atoms with van der Waals surface area (Å²) < 4.78 is 2.02. The highest BCUT2D eigenvalue weighted by Gasteiger charge is 2.08. The van der Waals surface area contributed by atoms with Crippen molar-refractivity contribution in [3.8, 4) is 0 Å². The number of benzene rings is 1. The Morgan fingerprint density at radius 2 is 2.21 bits per heavy atom. The maximum absolute atomic E-state index is 5.67. The third-order valence-corrected chi connectivity index (χ3v) is 2.64. The number of nitrogens with zero attached hydrogens (tertiary/aromatic N) is 2. The monoisotopic (exact) mass is 189 g/mol. The van der Waals surface area contributed by atoms with Crippen LogP contribution in [0.2, 0.25) is 0 Å². The van der Waals surface area contributed by atoms with Gasteiger partial charge in [0.1, 0.15) is 0 Å². The fraction of sp³-hybridized carbons (Fsp3) is 0.364. The van der Waals surface area contributed by atoms with Gasteiger partial charge in [-0.15, -0.1) is 0 Å². The average Bonchev–Trinajstić information content (AvgIpc) is 2.55. The zero-order valence-corrected chi connectivity index (χ0v) is 8.62. The second-order valence-corrected chi connectivity index (χ2v) is 3.42. The van der Waals surface area contributed by atoms with Crippen LogP contribution >= 0.6 is 0 Å². The lowest BCUT2D eigenvalue weighted by Gasteiger charge is -1.96. The predicted octanol–water partition coefficient (Wildman–Crippen LogP) is 1.82. The quantitative estimate of drug-likeness (QED) is 0.783. The van der Waals surface area contributed by atoms with E-state index in [0.29, 0.717) is 6.54 Å². The molecule has 0 unspecified atom stereocenters. The first-order valence-electron chi connectivity index (χ1n) is 4.93. The van der Waals surface area contributed by atoms with Crippen LogP contribution in [0.25, 0.3) is 10.9 Å². The number of fused-ring (bicyclic) bond motifs is 1. The fourth-order valence-electron chi connectivity index (χ4n) is 1.81. The van der Waals surface area contributed by atoms with Gasteiger partial charge in [-0.25, -0.2) is 0 Å². The van der Waals surface area contributed by atoms with Gasteiger partial charge in [-0.05, 0) is 19.4 Å². The highest BCUT2D eigenvalue weighted by Crippen LogP contribution is 2.20. The van der Waals surface area contributed by atoms with Gasteiger partial charge in [0.15, 0.2) is 0 Å². The third kappa shape index (κ3) is 1.21. The summed E-state index contributed by atoms with van der Waals surface area (Å²) >= 11 is 0. The van der Waals surface area contributed by atoms with Crippen molar-refractivity contribution in [1.29, 1.82) is 0 Å². The summed E-state index contributed by atoms with van der Waals surface area (Å²) in [4.78, 5) is 0. The molecule has 2 aromatic rings. The third-order valence-electron chi connectivity index (χ3n) is 2.64. The molecule has 1 aromatic carbocycles. The molecule has 0 bridgehead atoms. The zero-order chi connectivity index (χ0) is 10.1. The maximum Gasteiger partial charge on any atom is 0.0970 e. The standard InChI is InChI=1S/C11H15N3/c1-3-14-8(2)10-6-4-5-9(7-12)11(10)13-14/h4-6H,3,7,12H2,1-2H3. The lowest BCUT2D eigenvalue weighted by atomic mass is 10.1. The molecule has 0 aliphatic rings. The molecule has 2 rings (SSSR count). The summed E-state index contributed by atoms with van der Waals surface area (Å²) in [5.74, 6) is 0. The van der Waals surface area contributed by atoms with Crippen molar-refractivity contribution in [3.63, 3.8) is 0 Å². The van der Waals surface area contributed by atoms with Crippen LogP contribution in [0.1, 0.15) is 18.2 Å². The van der Waals surface area contributed by atoms with E-state index in [0.717, 1.165) is 17.6 Å². The Morgan fingerprint density at radius 1 is 1.43 bits per heavy atom. The van der Waals surface area contributed by atoms with Crippen molar-refractivity contribution in [1.82, 2.24) is 9.78 Å². The molecule has 1 aromatic heterocycles. The van der Waals surface area contributed by atoms with Crippen molar-refractivity contribution >= 4 is 10.9 Å². The molecule has 0 amide bonds. The lowest BCUT2D eigenvalue weighted by molar-refractivity contribution is 0.647. The van der Waals surface area contributed by atoms with E-state index in [1.807, 2.05) is 16.8 Å². The lowest BCUT2D eigenvalue weighted by Crippen LogP contribution is -1.99. The van der Waals surface area contributed by atoms with Crippen molar-refractivity contribution in [2.24, 2.45) is 5.73 Å². The van der Waals surface area contributed by atoms with Gasteiger partial charge in [0.2, 0.25) is 0 Å². The topological polar surface area (TPSA) is 43.8 Å². The van der Waals surface area contributed by atoms with Crippen LogP contribution in [0.4, 0.5) is 0 Å². The predicted molar refractivity (Wildman–Crippen MR) is 58.0 cm³/mol. The summed E-state index contributed by atoms with van der Waals surface area (Å²) in [6.07, 6.45) is 0. The second kappa shape index (κ2) is 3.42. The van der Waals surface area contributed by atoms with Gasteiger partial charge in [-0.2, -0.15) is 5.10 Å². The molecule has 14 heavy (non-hydrogen) atoms. The first kappa shape index (κ1) is 9.21. The molecule has 0 radical (unpaired) electrons. The molecule has 0 aliphatic heterocycles. The van der Waals surface area contributed by atoms with Crippen LogP contribution in [0, 0.1) is 6.92 Å². The second-order valence-electron chi connectivity index (χ2n) is 3.42. The van der Waals surface area contributed by atoms with Gasteiger partial charge >= 0.3 is 0 Å². The van der Waals surface area contributed by atoms with E-state index in [1.54, 1.807) is 0 Å². The van der Waals surface area contributed by atoms with Crippen molar-refractivity contribution in [3.05, 3.63) is 29.5 Å². The molecule has 0 fully saturated rings. The van der Waals surface area contributed by atoms with Gasteiger partial charge in [0, 0.05) is 24.2 Å². The van der Waals surface area contributed by atoms with Crippen molar-refractivity contribution in [2.75, 3.05) is 0 Å². The molecule has 0 atom stereocenters. The van der Waals surface area contributed by atoms with Gasteiger partial charge in [0.25, 0.3) is 0 Å². The average molecular weight is 189 g/mol. The van der Waals surface area contributed by atoms with Crippen LogP contribution in [0.15, 0.2) is 18.2 Å². The Labute approximate surface area is 83.5 Å². The smallest absolute Gasteiger partial charge is 0.0970 e. The highest BCUT2D eigenvalue weighted by molar-refractivity contribution is 5.84. The molecule has 0 saturated carbocycles. The molecule has 0 spiro atoms. The number of nitrogens with two attached hydrogens (primary N) is 1. The first-order chi connectivity index (χ1) is 6.77. The van der Waals surface area contributed by atoms with E-state index in [4.69, 9.17) is 5.73 Å². The zero-order valence-electron chi connectivity index (χ0n) is 8.62. The number of aromatic nitrogens is 2. The molecule has 74 valence electrons. The minimum atomic E-state index is 0.553. The molecule has 0 aliphatic carbocycles. The minimum Gasteiger partial charge on any atom is -0.326 e. The Balaban J connectivity index is 2.77. The van der Waals surface area contributed by atoms with Crippen LogP contribution in [-0.2, 0) is 13.1 Å². The Bertz CT molecular complexity index is 457. The highest BCUT2D eigenvalue weighted by atomic mass is 15.3. The van der Waals surface area contributed by atoms with Crippen molar-refractivity contribution in [2.45, 2.75) is 26.9 Å². The number of rotatable bonds is 2.